The summed E-state index contributed by atoms with van der Waals surface area (Å²) in [5.41, 5.74) is 3.78. The molecule has 2 aromatic rings. The van der Waals surface area contributed by atoms with E-state index < -0.39 is 0 Å². The zero-order chi connectivity index (χ0) is 14.7. The molecule has 2 atom stereocenters. The number of aromatic nitrogens is 1. The van der Waals surface area contributed by atoms with Crippen LogP contribution in [0.5, 0.6) is 0 Å². The smallest absolute Gasteiger partial charge is 0.0846 e. The van der Waals surface area contributed by atoms with Gasteiger partial charge in [-0.15, -0.1) is 0 Å². The molecule has 0 bridgehead atoms. The molecule has 0 radical (unpaired) electrons. The predicted molar refractivity (Wildman–Crippen MR) is 87.2 cm³/mol. The lowest BCUT2D eigenvalue weighted by Gasteiger charge is -2.29. The largest absolute Gasteiger partial charge is 0.373 e. The minimum atomic E-state index is 0.137. The maximum Gasteiger partial charge on any atom is 0.0846 e. The van der Waals surface area contributed by atoms with Crippen LogP contribution >= 0.6 is 15.9 Å². The van der Waals surface area contributed by atoms with E-state index in [2.05, 4.69) is 56.6 Å². The first-order chi connectivity index (χ1) is 10.3. The zero-order valence-electron chi connectivity index (χ0n) is 12.1. The predicted octanol–water partition coefficient (Wildman–Crippen LogP) is 3.81. The molecule has 3 rings (SSSR count). The Morgan fingerprint density at radius 2 is 2.19 bits per heavy atom. The van der Waals surface area contributed by atoms with Gasteiger partial charge in [0, 0.05) is 10.7 Å². The highest BCUT2D eigenvalue weighted by atomic mass is 79.9. The molecule has 4 heteroatoms. The molecule has 0 fully saturated rings. The summed E-state index contributed by atoms with van der Waals surface area (Å²) >= 11 is 3.43. The summed E-state index contributed by atoms with van der Waals surface area (Å²) in [6, 6.07) is 12.9. The molecule has 0 saturated carbocycles. The molecule has 1 aromatic carbocycles. The van der Waals surface area contributed by atoms with Crippen molar-refractivity contribution in [3.8, 4) is 0 Å². The molecule has 0 saturated heterocycles. The molecule has 1 aliphatic heterocycles. The second kappa shape index (κ2) is 6.69. The molecule has 2 unspecified atom stereocenters. The Hall–Kier alpha value is -1.23. The van der Waals surface area contributed by atoms with E-state index in [-0.39, 0.29) is 12.1 Å². The van der Waals surface area contributed by atoms with Crippen LogP contribution in [0.2, 0.25) is 0 Å². The fourth-order valence-electron chi connectivity index (χ4n) is 2.87. The second-order valence-corrected chi connectivity index (χ2v) is 6.20. The molecule has 2 heterocycles. The summed E-state index contributed by atoms with van der Waals surface area (Å²) in [7, 11) is 1.98. The Kier molecular flexibility index (Phi) is 4.68. The number of halogens is 1. The molecule has 0 amide bonds. The van der Waals surface area contributed by atoms with Gasteiger partial charge in [-0.2, -0.15) is 0 Å². The van der Waals surface area contributed by atoms with E-state index in [0.29, 0.717) is 0 Å². The van der Waals surface area contributed by atoms with Gasteiger partial charge in [-0.25, -0.2) is 0 Å². The lowest BCUT2D eigenvalue weighted by atomic mass is 9.92. The summed E-state index contributed by atoms with van der Waals surface area (Å²) in [5, 5.41) is 3.36. The highest BCUT2D eigenvalue weighted by molar-refractivity contribution is 9.10. The van der Waals surface area contributed by atoms with E-state index in [0.717, 1.165) is 29.6 Å². The van der Waals surface area contributed by atoms with Crippen molar-refractivity contribution >= 4 is 15.9 Å². The zero-order valence-corrected chi connectivity index (χ0v) is 13.6. The Bertz CT molecular complexity index is 600. The number of hydrogen-bond donors (Lipinski definition) is 1. The summed E-state index contributed by atoms with van der Waals surface area (Å²) in [6.45, 7) is 0.798. The molecular weight excluding hydrogens is 328 g/mol. The van der Waals surface area contributed by atoms with Crippen LogP contribution in [0.4, 0.5) is 0 Å². The van der Waals surface area contributed by atoms with Gasteiger partial charge in [0.05, 0.1) is 24.4 Å². The van der Waals surface area contributed by atoms with Crippen molar-refractivity contribution in [3.05, 3.63) is 63.9 Å². The number of nitrogens with zero attached hydrogens (tertiary/aromatic N) is 1. The van der Waals surface area contributed by atoms with Crippen molar-refractivity contribution in [2.24, 2.45) is 0 Å². The quantitative estimate of drug-likeness (QED) is 0.913. The van der Waals surface area contributed by atoms with Crippen LogP contribution in [0.15, 0.2) is 47.1 Å². The number of nitrogens with one attached hydrogen (secondary N) is 1. The molecular formula is C17H19BrN2O. The third-order valence-electron chi connectivity index (χ3n) is 4.00. The topological polar surface area (TPSA) is 34.1 Å². The molecule has 21 heavy (non-hydrogen) atoms. The van der Waals surface area contributed by atoms with Gasteiger partial charge in [-0.1, -0.05) is 24.3 Å². The van der Waals surface area contributed by atoms with E-state index in [1.54, 1.807) is 0 Å². The van der Waals surface area contributed by atoms with Crippen molar-refractivity contribution in [1.82, 2.24) is 10.3 Å². The first-order valence-corrected chi connectivity index (χ1v) is 8.05. The van der Waals surface area contributed by atoms with Crippen LogP contribution in [-0.4, -0.2) is 18.6 Å². The van der Waals surface area contributed by atoms with Crippen LogP contribution in [-0.2, 0) is 11.2 Å². The van der Waals surface area contributed by atoms with Gasteiger partial charge in [0.25, 0.3) is 0 Å². The Balaban J connectivity index is 1.80. The first kappa shape index (κ1) is 14.7. The van der Waals surface area contributed by atoms with Gasteiger partial charge in [0.2, 0.25) is 0 Å². The molecule has 1 aromatic heterocycles. The van der Waals surface area contributed by atoms with Crippen LogP contribution in [0.1, 0.15) is 35.4 Å². The third kappa shape index (κ3) is 3.34. The molecule has 0 aliphatic carbocycles. The number of rotatable bonds is 4. The Labute approximate surface area is 133 Å². The molecule has 0 spiro atoms. The fourth-order valence-corrected chi connectivity index (χ4v) is 3.10. The molecule has 110 valence electrons. The summed E-state index contributed by atoms with van der Waals surface area (Å²) in [5.74, 6) is 0. The lowest BCUT2D eigenvalue weighted by molar-refractivity contribution is 0.0295. The number of pyridine rings is 1. The van der Waals surface area contributed by atoms with Gasteiger partial charge in [0.15, 0.2) is 0 Å². The van der Waals surface area contributed by atoms with Crippen LogP contribution in [0.3, 0.4) is 0 Å². The number of hydrogen-bond acceptors (Lipinski definition) is 3. The molecule has 1 N–H and O–H groups in total. The van der Waals surface area contributed by atoms with Gasteiger partial charge >= 0.3 is 0 Å². The number of ether oxygens (including phenoxy) is 1. The van der Waals surface area contributed by atoms with E-state index in [9.17, 15) is 0 Å². The third-order valence-corrected chi connectivity index (χ3v) is 4.47. The van der Waals surface area contributed by atoms with Gasteiger partial charge in [-0.3, -0.25) is 4.98 Å². The molecule has 1 aliphatic rings. The average molecular weight is 347 g/mol. The minimum Gasteiger partial charge on any atom is -0.373 e. The summed E-state index contributed by atoms with van der Waals surface area (Å²) in [6.07, 6.45) is 3.88. The molecule has 3 nitrogen and oxygen atoms in total. The van der Waals surface area contributed by atoms with E-state index >= 15 is 0 Å². The van der Waals surface area contributed by atoms with Crippen LogP contribution in [0.25, 0.3) is 0 Å². The summed E-state index contributed by atoms with van der Waals surface area (Å²) in [4.78, 5) is 4.51. The lowest BCUT2D eigenvalue weighted by Crippen LogP contribution is -2.24. The maximum absolute atomic E-state index is 6.00. The minimum absolute atomic E-state index is 0.137. The standard InChI is InChI=1S/C17H19BrN2O/c1-19-16(15-7-6-13(18)11-20-15)10-17-14-5-3-2-4-12(14)8-9-21-17/h2-7,11,16-17,19H,8-10H2,1H3. The van der Waals surface area contributed by atoms with Gasteiger partial charge in [-0.05, 0) is 59.1 Å². The van der Waals surface area contributed by atoms with Crippen molar-refractivity contribution in [2.75, 3.05) is 13.7 Å². The van der Waals surface area contributed by atoms with Crippen LogP contribution in [0, 0.1) is 0 Å². The van der Waals surface area contributed by atoms with Gasteiger partial charge < -0.3 is 10.1 Å². The van der Waals surface area contributed by atoms with Crippen molar-refractivity contribution < 1.29 is 4.74 Å². The van der Waals surface area contributed by atoms with Crippen LogP contribution < -0.4 is 5.32 Å². The number of benzene rings is 1. The van der Waals surface area contributed by atoms with Crippen molar-refractivity contribution in [3.63, 3.8) is 0 Å². The highest BCUT2D eigenvalue weighted by Crippen LogP contribution is 2.33. The maximum atomic E-state index is 6.00. The summed E-state index contributed by atoms with van der Waals surface area (Å²) < 4.78 is 7.01. The number of fused-ring (bicyclic) bond motifs is 1. The van der Waals surface area contributed by atoms with Gasteiger partial charge in [0.1, 0.15) is 0 Å². The fraction of sp³-hybridized carbons (Fsp3) is 0.353. The normalized spacial score (nSPS) is 19.0. The second-order valence-electron chi connectivity index (χ2n) is 5.29. The monoisotopic (exact) mass is 346 g/mol. The SMILES string of the molecule is CNC(CC1OCCc2ccccc21)c1ccc(Br)cn1. The highest BCUT2D eigenvalue weighted by Gasteiger charge is 2.24. The van der Waals surface area contributed by atoms with Crippen molar-refractivity contribution in [2.45, 2.75) is 25.0 Å². The Morgan fingerprint density at radius 1 is 1.33 bits per heavy atom. The van der Waals surface area contributed by atoms with Crippen molar-refractivity contribution in [1.29, 1.82) is 0 Å². The first-order valence-electron chi connectivity index (χ1n) is 7.26. The average Bonchev–Trinajstić information content (AvgIpc) is 2.54. The Morgan fingerprint density at radius 3 is 2.95 bits per heavy atom. The van der Waals surface area contributed by atoms with E-state index in [4.69, 9.17) is 4.74 Å². The van der Waals surface area contributed by atoms with E-state index in [1.165, 1.54) is 11.1 Å². The van der Waals surface area contributed by atoms with E-state index in [1.807, 2.05) is 19.3 Å².